The summed E-state index contributed by atoms with van der Waals surface area (Å²) >= 11 is 0. The Morgan fingerprint density at radius 2 is 0.500 bits per heavy atom. The molecule has 92 heavy (non-hydrogen) atoms. The lowest BCUT2D eigenvalue weighted by Gasteiger charge is -2.21. The Kier molecular flexibility index (Phi) is 64.9. The summed E-state index contributed by atoms with van der Waals surface area (Å²) < 4.78 is 68.3. The van der Waals surface area contributed by atoms with Gasteiger partial charge < -0.3 is 33.8 Å². The van der Waals surface area contributed by atoms with Crippen molar-refractivity contribution in [3.05, 3.63) is 0 Å². The van der Waals surface area contributed by atoms with Crippen LogP contribution in [0.25, 0.3) is 0 Å². The third kappa shape index (κ3) is 66.7. The molecule has 0 fully saturated rings. The largest absolute Gasteiger partial charge is 0.472 e. The summed E-state index contributed by atoms with van der Waals surface area (Å²) in [6.45, 7) is 7.24. The third-order valence-electron chi connectivity index (χ3n) is 17.0. The summed E-state index contributed by atoms with van der Waals surface area (Å²) in [5.41, 5.74) is 0. The van der Waals surface area contributed by atoms with Gasteiger partial charge in [-0.3, -0.25) is 37.3 Å². The molecule has 0 rings (SSSR count). The molecule has 0 aliphatic rings. The number of ether oxygens (including phenoxy) is 4. The van der Waals surface area contributed by atoms with Crippen LogP contribution in [0.2, 0.25) is 0 Å². The second-order valence-electron chi connectivity index (χ2n) is 26.8. The first-order valence-corrected chi connectivity index (χ1v) is 41.1. The van der Waals surface area contributed by atoms with Gasteiger partial charge in [0.25, 0.3) is 0 Å². The number of esters is 4. The maximum Gasteiger partial charge on any atom is 0.472 e. The molecule has 0 aromatic heterocycles. The molecule has 0 heterocycles. The second kappa shape index (κ2) is 66.3. The zero-order chi connectivity index (χ0) is 67.7. The van der Waals surface area contributed by atoms with E-state index in [-0.39, 0.29) is 25.7 Å². The van der Waals surface area contributed by atoms with E-state index in [1.54, 1.807) is 0 Å². The van der Waals surface area contributed by atoms with Crippen molar-refractivity contribution in [2.24, 2.45) is 5.92 Å². The number of unbranched alkanes of at least 4 members (excludes halogenated alkanes) is 45. The highest BCUT2D eigenvalue weighted by Crippen LogP contribution is 2.45. The predicted molar refractivity (Wildman–Crippen MR) is 372 cm³/mol. The summed E-state index contributed by atoms with van der Waals surface area (Å²) in [4.78, 5) is 72.6. The summed E-state index contributed by atoms with van der Waals surface area (Å²) in [5, 5.41) is 10.6. The first kappa shape index (κ1) is 90.1. The van der Waals surface area contributed by atoms with Crippen molar-refractivity contribution in [1.82, 2.24) is 0 Å². The molecule has 0 bridgehead atoms. The molecule has 0 aliphatic heterocycles. The smallest absolute Gasteiger partial charge is 0.462 e. The monoisotopic (exact) mass is 1350 g/mol. The van der Waals surface area contributed by atoms with Gasteiger partial charge in [0.15, 0.2) is 12.2 Å². The van der Waals surface area contributed by atoms with E-state index in [4.69, 9.17) is 37.0 Å². The Morgan fingerprint density at radius 3 is 0.739 bits per heavy atom. The minimum Gasteiger partial charge on any atom is -0.462 e. The fourth-order valence-corrected chi connectivity index (χ4v) is 12.8. The Morgan fingerprint density at radius 1 is 0.293 bits per heavy atom. The number of hydrogen-bond acceptors (Lipinski definition) is 15. The average Bonchev–Trinajstić information content (AvgIpc) is 3.13. The van der Waals surface area contributed by atoms with E-state index in [1.807, 2.05) is 0 Å². The Balaban J connectivity index is 5.19. The minimum absolute atomic E-state index is 0.107. The highest BCUT2D eigenvalue weighted by Gasteiger charge is 2.30. The van der Waals surface area contributed by atoms with Crippen molar-refractivity contribution in [2.75, 3.05) is 39.6 Å². The third-order valence-corrected chi connectivity index (χ3v) is 18.9. The standard InChI is InChI=1S/C73H142O17P2/c1-6-9-12-15-18-20-22-24-25-26-27-28-30-34-39-44-49-54-59-73(78)90-69(63-84-71(76)57-52-47-42-37-35-31-32-36-41-45-50-55-66(4)5)65-88-92(81,82)86-61-67(74)60-85-91(79,80)87-64-68(62-83-70(75)56-51-46-40-17-14-11-8-3)89-72(77)58-53-48-43-38-33-29-23-21-19-16-13-10-7-2/h66-69,74H,6-65H2,1-5H3,(H,79,80)(H,81,82)/t67-,68+,69+/m0/s1. The molecule has 3 N–H and O–H groups in total. The van der Waals surface area contributed by atoms with Crippen molar-refractivity contribution in [3.63, 3.8) is 0 Å². The molecule has 0 saturated carbocycles. The first-order valence-electron chi connectivity index (χ1n) is 38.1. The van der Waals surface area contributed by atoms with Crippen LogP contribution in [0.3, 0.4) is 0 Å². The van der Waals surface area contributed by atoms with Gasteiger partial charge >= 0.3 is 39.5 Å². The maximum atomic E-state index is 13.1. The molecule has 0 spiro atoms. The fraction of sp³-hybridized carbons (Fsp3) is 0.945. The van der Waals surface area contributed by atoms with Gasteiger partial charge in [-0.25, -0.2) is 9.13 Å². The summed E-state index contributed by atoms with van der Waals surface area (Å²) in [6, 6.07) is 0. The molecule has 2 unspecified atom stereocenters. The lowest BCUT2D eigenvalue weighted by atomic mass is 10.0. The van der Waals surface area contributed by atoms with Crippen LogP contribution in [-0.2, 0) is 65.4 Å². The summed E-state index contributed by atoms with van der Waals surface area (Å²) in [6.07, 6.45) is 54.2. The molecule has 0 saturated heterocycles. The molecule has 5 atom stereocenters. The van der Waals surface area contributed by atoms with E-state index >= 15 is 0 Å². The Hall–Kier alpha value is -1.94. The van der Waals surface area contributed by atoms with Crippen molar-refractivity contribution < 1.29 is 80.2 Å². The van der Waals surface area contributed by atoms with Gasteiger partial charge in [-0.05, 0) is 31.6 Å². The van der Waals surface area contributed by atoms with E-state index in [9.17, 15) is 43.2 Å². The van der Waals surface area contributed by atoms with Crippen LogP contribution < -0.4 is 0 Å². The molecule has 546 valence electrons. The lowest BCUT2D eigenvalue weighted by molar-refractivity contribution is -0.161. The van der Waals surface area contributed by atoms with Crippen LogP contribution in [-0.4, -0.2) is 96.7 Å². The molecule has 0 aromatic rings. The summed E-state index contributed by atoms with van der Waals surface area (Å²) in [5.74, 6) is -1.35. The number of phosphoric ester groups is 2. The van der Waals surface area contributed by atoms with E-state index in [0.717, 1.165) is 109 Å². The Bertz CT molecular complexity index is 1770. The predicted octanol–water partition coefficient (Wildman–Crippen LogP) is 21.3. The van der Waals surface area contributed by atoms with Crippen LogP contribution >= 0.6 is 15.6 Å². The van der Waals surface area contributed by atoms with Gasteiger partial charge in [0.2, 0.25) is 0 Å². The van der Waals surface area contributed by atoms with Crippen LogP contribution in [0.1, 0.15) is 381 Å². The molecule has 17 nitrogen and oxygen atoms in total. The number of phosphoric acid groups is 2. The van der Waals surface area contributed by atoms with Gasteiger partial charge in [0.05, 0.1) is 26.4 Å². The lowest BCUT2D eigenvalue weighted by Crippen LogP contribution is -2.30. The molecule has 0 aliphatic carbocycles. The minimum atomic E-state index is -4.95. The maximum absolute atomic E-state index is 13.1. The topological polar surface area (TPSA) is 237 Å². The van der Waals surface area contributed by atoms with Crippen LogP contribution in [0.15, 0.2) is 0 Å². The van der Waals surface area contributed by atoms with Crippen LogP contribution in [0.4, 0.5) is 0 Å². The molecule has 19 heteroatoms. The number of aliphatic hydroxyl groups excluding tert-OH is 1. The van der Waals surface area contributed by atoms with Gasteiger partial charge in [-0.15, -0.1) is 0 Å². The molecule has 0 amide bonds. The molecular formula is C73H142O17P2. The van der Waals surface area contributed by atoms with Gasteiger partial charge in [0, 0.05) is 25.7 Å². The first-order chi connectivity index (χ1) is 44.5. The second-order valence-corrected chi connectivity index (χ2v) is 29.7. The SMILES string of the molecule is CCCCCCCCCCCCCCCCCCCCC(=O)O[C@H](COC(=O)CCCCCCCCCCCCCC(C)C)COP(=O)(O)OC[C@@H](O)COP(=O)(O)OC[C@@H](COC(=O)CCCCCCCCC)OC(=O)CCCCCCCCCCCCCCC. The number of carbonyl (C=O) groups excluding carboxylic acids is 4. The van der Waals surface area contributed by atoms with Gasteiger partial charge in [-0.2, -0.15) is 0 Å². The normalized spacial score (nSPS) is 14.0. The van der Waals surface area contributed by atoms with Crippen molar-refractivity contribution in [2.45, 2.75) is 400 Å². The summed E-state index contributed by atoms with van der Waals surface area (Å²) in [7, 11) is -9.90. The highest BCUT2D eigenvalue weighted by molar-refractivity contribution is 7.47. The van der Waals surface area contributed by atoms with Crippen molar-refractivity contribution >= 4 is 39.5 Å². The van der Waals surface area contributed by atoms with E-state index in [0.29, 0.717) is 25.7 Å². The number of rotatable bonds is 73. The van der Waals surface area contributed by atoms with Crippen LogP contribution in [0.5, 0.6) is 0 Å². The zero-order valence-corrected chi connectivity index (χ0v) is 61.5. The highest BCUT2D eigenvalue weighted by atomic mass is 31.2. The fourth-order valence-electron chi connectivity index (χ4n) is 11.2. The molecule has 0 aromatic carbocycles. The van der Waals surface area contributed by atoms with Gasteiger partial charge in [0.1, 0.15) is 19.3 Å². The molecule has 0 radical (unpaired) electrons. The zero-order valence-electron chi connectivity index (χ0n) is 59.7. The Labute approximate surface area is 562 Å². The quantitative estimate of drug-likeness (QED) is 0.0222. The van der Waals surface area contributed by atoms with Crippen LogP contribution in [0, 0.1) is 5.92 Å². The van der Waals surface area contributed by atoms with E-state index < -0.39 is 97.5 Å². The van der Waals surface area contributed by atoms with Crippen molar-refractivity contribution in [3.8, 4) is 0 Å². The number of hydrogen-bond donors (Lipinski definition) is 3. The molecular weight excluding hydrogens is 1210 g/mol. The average molecular weight is 1350 g/mol. The van der Waals surface area contributed by atoms with E-state index in [2.05, 4.69) is 34.6 Å². The van der Waals surface area contributed by atoms with Gasteiger partial charge in [-0.1, -0.05) is 330 Å². The van der Waals surface area contributed by atoms with Crippen molar-refractivity contribution in [1.29, 1.82) is 0 Å². The van der Waals surface area contributed by atoms with E-state index in [1.165, 1.54) is 193 Å². The number of carbonyl (C=O) groups is 4. The number of aliphatic hydroxyl groups is 1.